The van der Waals surface area contributed by atoms with E-state index in [1.54, 1.807) is 18.2 Å². The van der Waals surface area contributed by atoms with E-state index in [9.17, 15) is 13.2 Å². The molecule has 2 aliphatic rings. The molecular weight excluding hydrogens is 302 g/mol. The highest BCUT2D eigenvalue weighted by Gasteiger charge is 2.43. The molecule has 0 radical (unpaired) electrons. The first kappa shape index (κ1) is 17.7. The minimum absolute atomic E-state index is 0.178. The monoisotopic (exact) mass is 331 g/mol. The van der Waals surface area contributed by atoms with Crippen LogP contribution in [0.2, 0.25) is 0 Å². The largest absolute Gasteiger partial charge is 0.469 e. The lowest BCUT2D eigenvalue weighted by atomic mass is 9.70. The zero-order chi connectivity index (χ0) is 16.4. The molecule has 0 aromatic carbocycles. The number of hydrogen-bond donors (Lipinski definition) is 0. The first-order chi connectivity index (χ1) is 10.2. The highest BCUT2D eigenvalue weighted by Crippen LogP contribution is 2.44. The average molecular weight is 331 g/mol. The summed E-state index contributed by atoms with van der Waals surface area (Å²) in [5.74, 6) is -0.650. The number of hydrogen-bond acceptors (Lipinski definition) is 4. The molecule has 1 aliphatic carbocycles. The SMILES string of the molecule is COC(=O)C(C)(C)CS(=O)(=O)N1CCCC2(CCCCC2)C1. The van der Waals surface area contributed by atoms with E-state index in [-0.39, 0.29) is 11.2 Å². The summed E-state index contributed by atoms with van der Waals surface area (Å²) in [6.45, 7) is 4.49. The number of rotatable bonds is 4. The van der Waals surface area contributed by atoms with Gasteiger partial charge in [-0.15, -0.1) is 0 Å². The smallest absolute Gasteiger partial charge is 0.312 e. The molecule has 2 fully saturated rings. The predicted octanol–water partition coefficient (Wildman–Crippen LogP) is 2.56. The Balaban J connectivity index is 2.10. The number of piperidine rings is 1. The number of esters is 1. The summed E-state index contributed by atoms with van der Waals surface area (Å²) < 4.78 is 31.9. The second-order valence-corrected chi connectivity index (χ2v) is 9.60. The van der Waals surface area contributed by atoms with Gasteiger partial charge in [0, 0.05) is 13.1 Å². The van der Waals surface area contributed by atoms with Gasteiger partial charge in [0.2, 0.25) is 10.0 Å². The predicted molar refractivity (Wildman–Crippen MR) is 85.9 cm³/mol. The van der Waals surface area contributed by atoms with E-state index in [1.165, 1.54) is 26.4 Å². The summed E-state index contributed by atoms with van der Waals surface area (Å²) in [5.41, 5.74) is -0.830. The topological polar surface area (TPSA) is 63.7 Å². The van der Waals surface area contributed by atoms with Crippen LogP contribution in [0.3, 0.4) is 0 Å². The van der Waals surface area contributed by atoms with Crippen LogP contribution >= 0.6 is 0 Å². The van der Waals surface area contributed by atoms with Crippen molar-refractivity contribution in [2.24, 2.45) is 10.8 Å². The summed E-state index contributed by atoms with van der Waals surface area (Å²) in [6.07, 6.45) is 8.03. The Hall–Kier alpha value is -0.620. The van der Waals surface area contributed by atoms with Gasteiger partial charge in [-0.2, -0.15) is 0 Å². The lowest BCUT2D eigenvalue weighted by Crippen LogP contribution is -2.49. The van der Waals surface area contributed by atoms with Crippen LogP contribution in [-0.4, -0.2) is 44.6 Å². The maximum atomic E-state index is 12.8. The van der Waals surface area contributed by atoms with Gasteiger partial charge < -0.3 is 4.74 Å². The fourth-order valence-corrected chi connectivity index (χ4v) is 6.08. The molecule has 0 N–H and O–H groups in total. The zero-order valence-corrected chi connectivity index (χ0v) is 14.9. The van der Waals surface area contributed by atoms with Gasteiger partial charge in [0.15, 0.2) is 0 Å². The van der Waals surface area contributed by atoms with Gasteiger partial charge >= 0.3 is 5.97 Å². The van der Waals surface area contributed by atoms with Crippen molar-refractivity contribution < 1.29 is 17.9 Å². The minimum Gasteiger partial charge on any atom is -0.469 e. The van der Waals surface area contributed by atoms with Crippen molar-refractivity contribution in [2.75, 3.05) is 26.0 Å². The van der Waals surface area contributed by atoms with E-state index in [2.05, 4.69) is 0 Å². The molecule has 22 heavy (non-hydrogen) atoms. The van der Waals surface area contributed by atoms with E-state index in [1.807, 2.05) is 0 Å². The fourth-order valence-electron chi connectivity index (χ4n) is 3.99. The molecule has 1 saturated carbocycles. The van der Waals surface area contributed by atoms with E-state index < -0.39 is 21.4 Å². The molecular formula is C16H29NO4S. The minimum atomic E-state index is -3.44. The van der Waals surface area contributed by atoms with Gasteiger partial charge in [-0.1, -0.05) is 19.3 Å². The Morgan fingerprint density at radius 2 is 1.73 bits per heavy atom. The molecule has 2 rings (SSSR count). The third kappa shape index (κ3) is 3.82. The van der Waals surface area contributed by atoms with Crippen LogP contribution in [0.4, 0.5) is 0 Å². The van der Waals surface area contributed by atoms with Crippen LogP contribution in [0.5, 0.6) is 0 Å². The van der Waals surface area contributed by atoms with E-state index in [0.717, 1.165) is 25.7 Å². The standard InChI is InChI=1S/C16H29NO4S/c1-15(2,14(18)21-3)13-22(19,20)17-11-7-10-16(12-17)8-5-4-6-9-16/h4-13H2,1-3H3. The van der Waals surface area contributed by atoms with Gasteiger partial charge in [0.25, 0.3) is 0 Å². The average Bonchev–Trinajstić information content (AvgIpc) is 2.46. The van der Waals surface area contributed by atoms with Crippen molar-refractivity contribution in [3.8, 4) is 0 Å². The number of sulfonamides is 1. The van der Waals surface area contributed by atoms with Crippen LogP contribution in [0.15, 0.2) is 0 Å². The molecule has 1 saturated heterocycles. The van der Waals surface area contributed by atoms with Crippen LogP contribution in [-0.2, 0) is 19.6 Å². The van der Waals surface area contributed by atoms with Crippen LogP contribution < -0.4 is 0 Å². The second kappa shape index (κ2) is 6.48. The highest BCUT2D eigenvalue weighted by atomic mass is 32.2. The lowest BCUT2D eigenvalue weighted by molar-refractivity contribution is -0.149. The maximum absolute atomic E-state index is 12.8. The van der Waals surface area contributed by atoms with E-state index in [4.69, 9.17) is 4.74 Å². The molecule has 6 heteroatoms. The van der Waals surface area contributed by atoms with Crippen molar-refractivity contribution >= 4 is 16.0 Å². The summed E-state index contributed by atoms with van der Waals surface area (Å²) in [4.78, 5) is 11.8. The summed E-state index contributed by atoms with van der Waals surface area (Å²) in [5, 5.41) is 0. The molecule has 0 unspecified atom stereocenters. The second-order valence-electron chi connectivity index (χ2n) is 7.63. The molecule has 1 heterocycles. The molecule has 0 bridgehead atoms. The zero-order valence-electron chi connectivity index (χ0n) is 14.1. The highest BCUT2D eigenvalue weighted by molar-refractivity contribution is 7.89. The van der Waals surface area contributed by atoms with Crippen molar-refractivity contribution in [3.63, 3.8) is 0 Å². The molecule has 5 nitrogen and oxygen atoms in total. The van der Waals surface area contributed by atoms with E-state index in [0.29, 0.717) is 13.1 Å². The molecule has 0 aromatic rings. The first-order valence-electron chi connectivity index (χ1n) is 8.27. The molecule has 1 spiro atoms. The van der Waals surface area contributed by atoms with E-state index >= 15 is 0 Å². The number of nitrogens with zero attached hydrogens (tertiary/aromatic N) is 1. The molecule has 128 valence electrons. The number of carbonyl (C=O) groups is 1. The summed E-state index contributed by atoms with van der Waals surface area (Å²) >= 11 is 0. The van der Waals surface area contributed by atoms with Crippen molar-refractivity contribution in [3.05, 3.63) is 0 Å². The Bertz CT molecular complexity index is 501. The lowest BCUT2D eigenvalue weighted by Gasteiger charge is -2.45. The van der Waals surface area contributed by atoms with Crippen LogP contribution in [0.1, 0.15) is 58.8 Å². The number of carbonyl (C=O) groups excluding carboxylic acids is 1. The van der Waals surface area contributed by atoms with Crippen LogP contribution in [0, 0.1) is 10.8 Å². The van der Waals surface area contributed by atoms with Gasteiger partial charge in [-0.3, -0.25) is 4.79 Å². The maximum Gasteiger partial charge on any atom is 0.312 e. The molecule has 0 aromatic heterocycles. The fraction of sp³-hybridized carbons (Fsp3) is 0.938. The third-order valence-corrected chi connectivity index (χ3v) is 7.40. The van der Waals surface area contributed by atoms with Gasteiger partial charge in [-0.05, 0) is 44.9 Å². The van der Waals surface area contributed by atoms with Crippen molar-refractivity contribution in [1.29, 1.82) is 0 Å². The van der Waals surface area contributed by atoms with Gasteiger partial charge in [0.05, 0.1) is 18.3 Å². The van der Waals surface area contributed by atoms with Gasteiger partial charge in [0.1, 0.15) is 0 Å². The molecule has 1 aliphatic heterocycles. The Kier molecular flexibility index (Phi) is 5.22. The van der Waals surface area contributed by atoms with Crippen LogP contribution in [0.25, 0.3) is 0 Å². The summed E-state index contributed by atoms with van der Waals surface area (Å²) in [7, 11) is -2.14. The Morgan fingerprint density at radius 3 is 2.32 bits per heavy atom. The normalized spacial score (nSPS) is 23.4. The Labute approximate surface area is 134 Å². The van der Waals surface area contributed by atoms with Crippen molar-refractivity contribution in [1.82, 2.24) is 4.31 Å². The molecule has 0 atom stereocenters. The first-order valence-corrected chi connectivity index (χ1v) is 9.88. The number of methoxy groups -OCH3 is 1. The van der Waals surface area contributed by atoms with Crippen molar-refractivity contribution in [2.45, 2.75) is 58.8 Å². The third-order valence-electron chi connectivity index (χ3n) is 5.22. The van der Waals surface area contributed by atoms with Gasteiger partial charge in [-0.25, -0.2) is 12.7 Å². The molecule has 0 amide bonds. The Morgan fingerprint density at radius 1 is 1.14 bits per heavy atom. The number of ether oxygens (including phenoxy) is 1. The quantitative estimate of drug-likeness (QED) is 0.743. The summed E-state index contributed by atoms with van der Waals surface area (Å²) in [6, 6.07) is 0.